The molecular formula is C15H25ClN2. The van der Waals surface area contributed by atoms with E-state index in [1.54, 1.807) is 0 Å². The normalized spacial score (nSPS) is 14.8. The molecule has 1 rings (SSSR count). The summed E-state index contributed by atoms with van der Waals surface area (Å²) in [5.41, 5.74) is 1.59. The van der Waals surface area contributed by atoms with Gasteiger partial charge in [0.2, 0.25) is 0 Å². The Kier molecular flexibility index (Phi) is 6.13. The fourth-order valence-corrected chi connectivity index (χ4v) is 2.59. The van der Waals surface area contributed by atoms with Gasteiger partial charge in [-0.25, -0.2) is 0 Å². The summed E-state index contributed by atoms with van der Waals surface area (Å²) in [6.07, 6.45) is 1.17. The largest absolute Gasteiger partial charge is 0.319 e. The Morgan fingerprint density at radius 3 is 2.67 bits per heavy atom. The summed E-state index contributed by atoms with van der Waals surface area (Å²) in [6, 6.07) is 8.10. The van der Waals surface area contributed by atoms with Gasteiger partial charge in [0.15, 0.2) is 0 Å². The third-order valence-electron chi connectivity index (χ3n) is 3.45. The van der Waals surface area contributed by atoms with Crippen LogP contribution in [0.3, 0.4) is 0 Å². The Morgan fingerprint density at radius 2 is 2.11 bits per heavy atom. The number of halogens is 1. The van der Waals surface area contributed by atoms with E-state index in [4.69, 9.17) is 11.6 Å². The molecule has 0 aliphatic carbocycles. The number of nitrogens with zero attached hydrogens (tertiary/aromatic N) is 1. The molecule has 1 N–H and O–H groups in total. The van der Waals surface area contributed by atoms with Crippen LogP contribution in [0.2, 0.25) is 5.02 Å². The summed E-state index contributed by atoms with van der Waals surface area (Å²) in [7, 11) is 4.19. The molecule has 1 unspecified atom stereocenters. The smallest absolute Gasteiger partial charge is 0.0409 e. The maximum absolute atomic E-state index is 6.01. The van der Waals surface area contributed by atoms with Gasteiger partial charge in [0.25, 0.3) is 0 Å². The van der Waals surface area contributed by atoms with Crippen molar-refractivity contribution in [3.8, 4) is 0 Å². The molecule has 3 heteroatoms. The molecule has 0 saturated heterocycles. The van der Waals surface area contributed by atoms with Crippen molar-refractivity contribution < 1.29 is 0 Å². The molecule has 0 aliphatic heterocycles. The van der Waals surface area contributed by atoms with Gasteiger partial charge in [0.05, 0.1) is 0 Å². The molecule has 0 radical (unpaired) electrons. The highest BCUT2D eigenvalue weighted by Crippen LogP contribution is 2.22. The molecule has 1 aromatic carbocycles. The second-order valence-corrected chi connectivity index (χ2v) is 5.93. The lowest BCUT2D eigenvalue weighted by Crippen LogP contribution is -2.39. The summed E-state index contributed by atoms with van der Waals surface area (Å²) < 4.78 is 0. The van der Waals surface area contributed by atoms with Crippen LogP contribution in [0.25, 0.3) is 0 Å². The van der Waals surface area contributed by atoms with Crippen molar-refractivity contribution in [1.29, 1.82) is 0 Å². The van der Waals surface area contributed by atoms with Gasteiger partial charge in [0, 0.05) is 24.7 Å². The SMILES string of the molecule is CCC(C)(CNC)CN(C)Cc1cccc(Cl)c1. The van der Waals surface area contributed by atoms with Crippen LogP contribution >= 0.6 is 11.6 Å². The fourth-order valence-electron chi connectivity index (χ4n) is 2.37. The number of hydrogen-bond donors (Lipinski definition) is 1. The van der Waals surface area contributed by atoms with Crippen LogP contribution in [0.5, 0.6) is 0 Å². The molecule has 1 aromatic rings. The number of nitrogens with one attached hydrogen (secondary N) is 1. The summed E-state index contributed by atoms with van der Waals surface area (Å²) >= 11 is 6.01. The molecular weight excluding hydrogens is 244 g/mol. The number of rotatable bonds is 7. The maximum atomic E-state index is 6.01. The van der Waals surface area contributed by atoms with Crippen LogP contribution in [0.1, 0.15) is 25.8 Å². The second-order valence-electron chi connectivity index (χ2n) is 5.50. The highest BCUT2D eigenvalue weighted by molar-refractivity contribution is 6.30. The van der Waals surface area contributed by atoms with Gasteiger partial charge in [0.1, 0.15) is 0 Å². The number of benzene rings is 1. The van der Waals surface area contributed by atoms with Crippen molar-refractivity contribution in [3.05, 3.63) is 34.9 Å². The third kappa shape index (κ3) is 4.97. The molecule has 0 bridgehead atoms. The Labute approximate surface area is 116 Å². The predicted molar refractivity (Wildman–Crippen MR) is 80.1 cm³/mol. The van der Waals surface area contributed by atoms with Crippen molar-refractivity contribution in [2.24, 2.45) is 5.41 Å². The van der Waals surface area contributed by atoms with Crippen molar-refractivity contribution in [2.75, 3.05) is 27.2 Å². The second kappa shape index (κ2) is 7.13. The van der Waals surface area contributed by atoms with Crippen LogP contribution in [0.15, 0.2) is 24.3 Å². The average Bonchev–Trinajstić information content (AvgIpc) is 2.29. The zero-order chi connectivity index (χ0) is 13.6. The van der Waals surface area contributed by atoms with Crippen LogP contribution in [-0.2, 0) is 6.54 Å². The van der Waals surface area contributed by atoms with Gasteiger partial charge in [-0.1, -0.05) is 37.6 Å². The zero-order valence-corrected chi connectivity index (χ0v) is 12.7. The molecule has 1 atom stereocenters. The van der Waals surface area contributed by atoms with Crippen LogP contribution in [-0.4, -0.2) is 32.1 Å². The first-order chi connectivity index (χ1) is 8.49. The molecule has 2 nitrogen and oxygen atoms in total. The Balaban J connectivity index is 2.57. The zero-order valence-electron chi connectivity index (χ0n) is 12.0. The minimum atomic E-state index is 0.322. The van der Waals surface area contributed by atoms with E-state index in [9.17, 15) is 0 Å². The summed E-state index contributed by atoms with van der Waals surface area (Å²) in [5, 5.41) is 4.10. The first-order valence-electron chi connectivity index (χ1n) is 6.56. The average molecular weight is 269 g/mol. The van der Waals surface area contributed by atoms with Crippen molar-refractivity contribution >= 4 is 11.6 Å². The van der Waals surface area contributed by atoms with Gasteiger partial charge < -0.3 is 10.2 Å². The maximum Gasteiger partial charge on any atom is 0.0409 e. The van der Waals surface area contributed by atoms with E-state index < -0.39 is 0 Å². The highest BCUT2D eigenvalue weighted by atomic mass is 35.5. The first kappa shape index (κ1) is 15.5. The summed E-state index contributed by atoms with van der Waals surface area (Å²) in [5.74, 6) is 0. The lowest BCUT2D eigenvalue weighted by molar-refractivity contribution is 0.178. The quantitative estimate of drug-likeness (QED) is 0.815. The fraction of sp³-hybridized carbons (Fsp3) is 0.600. The molecule has 102 valence electrons. The molecule has 0 amide bonds. The number of hydrogen-bond acceptors (Lipinski definition) is 2. The van der Waals surface area contributed by atoms with Crippen molar-refractivity contribution in [1.82, 2.24) is 10.2 Å². The first-order valence-corrected chi connectivity index (χ1v) is 6.94. The molecule has 0 aliphatic rings. The van der Waals surface area contributed by atoms with E-state index in [1.807, 2.05) is 25.2 Å². The van der Waals surface area contributed by atoms with Crippen molar-refractivity contribution in [2.45, 2.75) is 26.8 Å². The molecule has 0 aromatic heterocycles. The lowest BCUT2D eigenvalue weighted by atomic mass is 9.87. The molecule has 18 heavy (non-hydrogen) atoms. The van der Waals surface area contributed by atoms with E-state index in [-0.39, 0.29) is 0 Å². The molecule has 0 spiro atoms. The Morgan fingerprint density at radius 1 is 1.39 bits per heavy atom. The van der Waals surface area contributed by atoms with Gasteiger partial charge in [-0.05, 0) is 43.6 Å². The van der Waals surface area contributed by atoms with Gasteiger partial charge in [-0.2, -0.15) is 0 Å². The molecule has 0 saturated carbocycles. The van der Waals surface area contributed by atoms with E-state index in [0.29, 0.717) is 5.41 Å². The van der Waals surface area contributed by atoms with E-state index in [1.165, 1.54) is 12.0 Å². The van der Waals surface area contributed by atoms with Gasteiger partial charge in [-0.15, -0.1) is 0 Å². The van der Waals surface area contributed by atoms with Crippen LogP contribution < -0.4 is 5.32 Å². The third-order valence-corrected chi connectivity index (χ3v) is 3.69. The monoisotopic (exact) mass is 268 g/mol. The lowest BCUT2D eigenvalue weighted by Gasteiger charge is -2.33. The van der Waals surface area contributed by atoms with Gasteiger partial charge in [-0.3, -0.25) is 0 Å². The molecule has 0 fully saturated rings. The van der Waals surface area contributed by atoms with Crippen LogP contribution in [0, 0.1) is 5.41 Å². The Bertz CT molecular complexity index is 367. The minimum absolute atomic E-state index is 0.322. The van der Waals surface area contributed by atoms with E-state index >= 15 is 0 Å². The summed E-state index contributed by atoms with van der Waals surface area (Å²) in [4.78, 5) is 2.37. The molecule has 0 heterocycles. The van der Waals surface area contributed by atoms with Crippen LogP contribution in [0.4, 0.5) is 0 Å². The van der Waals surface area contributed by atoms with Gasteiger partial charge >= 0.3 is 0 Å². The standard InChI is InChI=1S/C15H25ClN2/c1-5-15(2,11-17-3)12-18(4)10-13-7-6-8-14(16)9-13/h6-9,17H,5,10-12H2,1-4H3. The highest BCUT2D eigenvalue weighted by Gasteiger charge is 2.23. The predicted octanol–water partition coefficient (Wildman–Crippen LogP) is 3.41. The topological polar surface area (TPSA) is 15.3 Å². The minimum Gasteiger partial charge on any atom is -0.319 e. The van der Waals surface area contributed by atoms with E-state index in [2.05, 4.69) is 37.2 Å². The van der Waals surface area contributed by atoms with E-state index in [0.717, 1.165) is 24.7 Å². The summed E-state index contributed by atoms with van der Waals surface area (Å²) in [6.45, 7) is 7.66. The Hall–Kier alpha value is -0.570. The van der Waals surface area contributed by atoms with Crippen molar-refractivity contribution in [3.63, 3.8) is 0 Å².